The van der Waals surface area contributed by atoms with Crippen LogP contribution in [0.2, 0.25) is 0 Å². The molecule has 0 N–H and O–H groups in total. The molecule has 4 heterocycles. The van der Waals surface area contributed by atoms with Gasteiger partial charge in [-0.1, -0.05) is 48.3 Å². The van der Waals surface area contributed by atoms with Gasteiger partial charge in [0.25, 0.3) is 0 Å². The number of hydrogen-bond acceptors (Lipinski definition) is 4. The molecule has 0 aliphatic carbocycles. The van der Waals surface area contributed by atoms with Crippen LogP contribution in [-0.4, -0.2) is 8.80 Å². The van der Waals surface area contributed by atoms with Crippen molar-refractivity contribution < 1.29 is 26.0 Å². The van der Waals surface area contributed by atoms with Crippen LogP contribution in [0.25, 0.3) is 87.3 Å². The normalized spacial score (nSPS) is 18.0. The number of benzene rings is 6. The van der Waals surface area contributed by atoms with E-state index in [0.717, 1.165) is 14.9 Å². The maximum atomic E-state index is 14.5. The summed E-state index contributed by atoms with van der Waals surface area (Å²) in [5.74, 6) is 0. The summed E-state index contributed by atoms with van der Waals surface area (Å²) in [5.41, 5.74) is -10.0. The van der Waals surface area contributed by atoms with Gasteiger partial charge >= 0.3 is 0 Å². The van der Waals surface area contributed by atoms with Crippen molar-refractivity contribution in [2.45, 2.75) is 0 Å². The first-order valence-corrected chi connectivity index (χ1v) is 13.5. The van der Waals surface area contributed by atoms with E-state index in [4.69, 9.17) is 19.2 Å². The highest BCUT2D eigenvalue weighted by Gasteiger charge is 2.19. The van der Waals surface area contributed by atoms with Gasteiger partial charge in [-0.25, -0.2) is 0 Å². The Balaban J connectivity index is 1.54. The Morgan fingerprint density at radius 2 is 0.761 bits per heavy atom. The van der Waals surface area contributed by atoms with Crippen LogP contribution in [0.15, 0.2) is 140 Å². The van der Waals surface area contributed by atoms with E-state index in [1.807, 2.05) is 0 Å². The van der Waals surface area contributed by atoms with E-state index in [2.05, 4.69) is 0 Å². The van der Waals surface area contributed by atoms with Crippen LogP contribution < -0.4 is 21.7 Å². The predicted molar refractivity (Wildman–Crippen MR) is 186 cm³/mol. The zero-order valence-corrected chi connectivity index (χ0v) is 22.6. The van der Waals surface area contributed by atoms with Crippen LogP contribution in [0.1, 0.15) is 26.0 Å². The van der Waals surface area contributed by atoms with Crippen LogP contribution in [0.4, 0.5) is 0 Å². The second-order valence-corrected chi connectivity index (χ2v) is 10.4. The van der Waals surface area contributed by atoms with E-state index in [0.29, 0.717) is 0 Å². The number of hydrogen-bond donors (Lipinski definition) is 0. The first kappa shape index (κ1) is 12.9. The van der Waals surface area contributed by atoms with Crippen LogP contribution in [-0.2, 0) is 0 Å². The zero-order valence-electron chi connectivity index (χ0n) is 41.6. The van der Waals surface area contributed by atoms with Crippen LogP contribution in [0.3, 0.4) is 0 Å². The van der Waals surface area contributed by atoms with Gasteiger partial charge in [0, 0.05) is 43.1 Å². The number of pyridine rings is 4. The quantitative estimate of drug-likeness (QED) is 0.147. The van der Waals surface area contributed by atoms with Gasteiger partial charge in [0.05, 0.1) is 59.1 Å². The molecule has 10 aromatic rings. The number of para-hydroxylation sites is 4. The van der Waals surface area contributed by atoms with E-state index in [9.17, 15) is 26.0 Å². The minimum atomic E-state index is -1.27. The van der Waals surface area contributed by atoms with E-state index in [1.165, 1.54) is 0 Å². The average molecular weight is 612 g/mol. The molecule has 0 spiro atoms. The number of nitrogens with zero attached hydrogens (tertiary/aromatic N) is 2. The third kappa shape index (κ3) is 3.00. The van der Waals surface area contributed by atoms with Crippen molar-refractivity contribution in [1.82, 2.24) is 8.80 Å². The van der Waals surface area contributed by atoms with Crippen molar-refractivity contribution in [3.8, 4) is 11.1 Å². The molecule has 0 saturated carbocycles. The SMILES string of the molecule is [2H]c1c(-c2c([2H])c([2H])c3c(=O)c4c([2H])c([2H])c([2H])c5c(=O)c6c([2H])c([2H])c([2H])c([2H])c6n(c3c2[2H])c54)cc2c(c1[2H])c(=O)c1c([2H])c([2H])c([2H])c3c(=O)c4c([2H])c([2H])c([2H])c([2H])c4n2c13. The topological polar surface area (TPSA) is 77.1 Å². The zero-order chi connectivity index (χ0) is 47.4. The van der Waals surface area contributed by atoms with Crippen LogP contribution in [0.5, 0.6) is 0 Å². The molecule has 46 heavy (non-hydrogen) atoms. The third-order valence-electron chi connectivity index (χ3n) is 8.13. The fourth-order valence-corrected chi connectivity index (χ4v) is 6.15. The summed E-state index contributed by atoms with van der Waals surface area (Å²) in [6.45, 7) is 0. The molecule has 0 saturated heterocycles. The van der Waals surface area contributed by atoms with Crippen molar-refractivity contribution in [1.29, 1.82) is 0 Å². The second kappa shape index (κ2) is 8.61. The summed E-state index contributed by atoms with van der Waals surface area (Å²) in [6, 6.07) is -16.5. The molecule has 0 aliphatic rings. The minimum Gasteiger partial charge on any atom is -0.307 e. The van der Waals surface area contributed by atoms with Crippen molar-refractivity contribution in [2.24, 2.45) is 0 Å². The summed E-state index contributed by atoms with van der Waals surface area (Å²) in [6.07, 6.45) is 0. The summed E-state index contributed by atoms with van der Waals surface area (Å²) < 4.78 is 169. The molecular formula is C40H20N2O4. The molecule has 6 nitrogen and oxygen atoms in total. The fraction of sp³-hybridized carbons (Fsp3) is 0. The predicted octanol–water partition coefficient (Wildman–Crippen LogP) is 7.09. The number of rotatable bonds is 1. The Kier molecular flexibility index (Phi) is 2.42. The first-order chi connectivity index (χ1) is 30.4. The largest absolute Gasteiger partial charge is 0.307 e. The van der Waals surface area contributed by atoms with Gasteiger partial charge in [-0.15, -0.1) is 0 Å². The lowest BCUT2D eigenvalue weighted by atomic mass is 9.98. The average Bonchev–Trinajstić information content (AvgIpc) is 3.26. The van der Waals surface area contributed by atoms with Gasteiger partial charge < -0.3 is 8.80 Å². The molecule has 0 fully saturated rings. The van der Waals surface area contributed by atoms with Crippen molar-refractivity contribution in [2.75, 3.05) is 0 Å². The van der Waals surface area contributed by atoms with Crippen molar-refractivity contribution in [3.63, 3.8) is 0 Å². The van der Waals surface area contributed by atoms with Gasteiger partial charge in [0.15, 0.2) is 21.7 Å². The maximum absolute atomic E-state index is 14.5. The molecule has 0 amide bonds. The standard InChI is InChI=1S/C40H20N2O4/c43-37-23-7-1-3-13-31(23)41-33-19-21(15-17-25(33)39(45)29-11-5-9-27(37)35(29)41)22-16-18-26-34(20-22)42-32-14-4-2-8-24(32)38(44)28-10-6-12-30(36(28)42)40(26)46/h1-20H/i1D,2D,3D,4D,5D,6D,7D,8D,9D,10D,11D,12D,13D,14D,15D,16D,17D,18D,19D. The molecule has 0 aliphatic heterocycles. The monoisotopic (exact) mass is 611 g/mol. The Labute approximate surface area is 284 Å². The number of aromatic nitrogens is 2. The summed E-state index contributed by atoms with van der Waals surface area (Å²) in [4.78, 5) is 57.4. The van der Waals surface area contributed by atoms with E-state index in [-0.39, 0.29) is 0 Å². The molecule has 10 rings (SSSR count). The fourth-order valence-electron chi connectivity index (χ4n) is 6.15. The highest BCUT2D eigenvalue weighted by molar-refractivity contribution is 6.10. The Morgan fingerprint density at radius 3 is 1.28 bits per heavy atom. The number of fused-ring (bicyclic) bond motifs is 8. The van der Waals surface area contributed by atoms with Crippen molar-refractivity contribution in [3.05, 3.63) is 162 Å². The molecule has 6 aromatic carbocycles. The smallest absolute Gasteiger partial charge is 0.197 e. The molecule has 214 valence electrons. The van der Waals surface area contributed by atoms with Gasteiger partial charge in [-0.3, -0.25) is 19.2 Å². The van der Waals surface area contributed by atoms with E-state index >= 15 is 0 Å². The Bertz CT molecular complexity index is 4280. The molecule has 0 radical (unpaired) electrons. The summed E-state index contributed by atoms with van der Waals surface area (Å²) in [7, 11) is 0. The lowest BCUT2D eigenvalue weighted by Gasteiger charge is -2.16. The second-order valence-electron chi connectivity index (χ2n) is 10.4. The first-order valence-electron chi connectivity index (χ1n) is 23.0. The minimum absolute atomic E-state index is 0.523. The van der Waals surface area contributed by atoms with E-state index < -0.39 is 224 Å². The van der Waals surface area contributed by atoms with E-state index in [1.54, 1.807) is 0 Å². The molecule has 0 atom stereocenters. The molecule has 6 heteroatoms. The summed E-state index contributed by atoms with van der Waals surface area (Å²) >= 11 is 0. The molecule has 0 unspecified atom stereocenters. The lowest BCUT2D eigenvalue weighted by Crippen LogP contribution is -2.14. The Hall–Kier alpha value is -6.40. The highest BCUT2D eigenvalue weighted by Crippen LogP contribution is 2.32. The Morgan fingerprint density at radius 1 is 0.370 bits per heavy atom. The highest BCUT2D eigenvalue weighted by atomic mass is 16.1. The van der Waals surface area contributed by atoms with Gasteiger partial charge in [-0.2, -0.15) is 0 Å². The summed E-state index contributed by atoms with van der Waals surface area (Å²) in [5, 5.41) is -5.93. The van der Waals surface area contributed by atoms with Gasteiger partial charge in [-0.05, 0) is 83.7 Å². The maximum Gasteiger partial charge on any atom is 0.197 e. The van der Waals surface area contributed by atoms with Gasteiger partial charge in [0.1, 0.15) is 0 Å². The van der Waals surface area contributed by atoms with Crippen LogP contribution >= 0.6 is 0 Å². The van der Waals surface area contributed by atoms with Crippen molar-refractivity contribution >= 4 is 76.2 Å². The van der Waals surface area contributed by atoms with Gasteiger partial charge in [0.2, 0.25) is 0 Å². The van der Waals surface area contributed by atoms with Crippen LogP contribution in [0, 0.1) is 0 Å². The molecule has 4 aromatic heterocycles. The third-order valence-corrected chi connectivity index (χ3v) is 8.13. The lowest BCUT2D eigenvalue weighted by molar-refractivity contribution is 1.30. The molecule has 0 bridgehead atoms. The molecular weight excluding hydrogens is 572 g/mol.